The molecular formula is C18H22N6O2. The van der Waals surface area contributed by atoms with Crippen molar-refractivity contribution < 1.29 is 9.84 Å². The minimum absolute atomic E-state index is 0.236. The van der Waals surface area contributed by atoms with E-state index in [1.807, 2.05) is 23.7 Å². The number of aromatic amines is 1. The summed E-state index contributed by atoms with van der Waals surface area (Å²) in [7, 11) is 0. The number of aromatic nitrogens is 5. The van der Waals surface area contributed by atoms with Gasteiger partial charge in [-0.1, -0.05) is 0 Å². The lowest BCUT2D eigenvalue weighted by atomic mass is 9.89. The smallest absolute Gasteiger partial charge is 0.136 e. The third kappa shape index (κ3) is 2.25. The molecule has 0 radical (unpaired) electrons. The third-order valence-corrected chi connectivity index (χ3v) is 5.49. The van der Waals surface area contributed by atoms with Gasteiger partial charge in [0, 0.05) is 24.8 Å². The van der Waals surface area contributed by atoms with E-state index in [-0.39, 0.29) is 6.04 Å². The van der Waals surface area contributed by atoms with Crippen molar-refractivity contribution in [3.63, 3.8) is 0 Å². The van der Waals surface area contributed by atoms with Crippen LogP contribution in [0.25, 0.3) is 22.4 Å². The van der Waals surface area contributed by atoms with Gasteiger partial charge in [0.2, 0.25) is 0 Å². The number of anilines is 1. The van der Waals surface area contributed by atoms with Crippen molar-refractivity contribution in [3.8, 4) is 11.4 Å². The Labute approximate surface area is 150 Å². The van der Waals surface area contributed by atoms with Crippen LogP contribution in [0, 0.1) is 0 Å². The summed E-state index contributed by atoms with van der Waals surface area (Å²) in [6.45, 7) is 6.82. The molecule has 0 saturated carbocycles. The zero-order chi connectivity index (χ0) is 17.9. The molecule has 8 heteroatoms. The van der Waals surface area contributed by atoms with Crippen molar-refractivity contribution in [2.24, 2.45) is 0 Å². The summed E-state index contributed by atoms with van der Waals surface area (Å²) >= 11 is 0. The van der Waals surface area contributed by atoms with Crippen LogP contribution in [0.1, 0.15) is 25.8 Å². The molecule has 1 saturated heterocycles. The van der Waals surface area contributed by atoms with Crippen LogP contribution in [-0.4, -0.2) is 55.9 Å². The topological polar surface area (TPSA) is 92.1 Å². The quantitative estimate of drug-likeness (QED) is 0.727. The van der Waals surface area contributed by atoms with Crippen molar-refractivity contribution >= 4 is 16.9 Å². The first-order valence-corrected chi connectivity index (χ1v) is 9.03. The Morgan fingerprint density at radius 1 is 1.38 bits per heavy atom. The Morgan fingerprint density at radius 3 is 3.04 bits per heavy atom. The molecule has 0 aliphatic carbocycles. The predicted octanol–water partition coefficient (Wildman–Crippen LogP) is 1.66. The summed E-state index contributed by atoms with van der Waals surface area (Å²) in [5.74, 6) is 0.866. The molecule has 3 aromatic rings. The molecule has 5 rings (SSSR count). The second kappa shape index (κ2) is 5.52. The molecule has 1 fully saturated rings. The number of rotatable bonds is 2. The number of aryl methyl sites for hydroxylation is 1. The number of nitrogens with zero attached hydrogens (tertiary/aromatic N) is 5. The van der Waals surface area contributed by atoms with Crippen LogP contribution >= 0.6 is 0 Å². The monoisotopic (exact) mass is 354 g/mol. The van der Waals surface area contributed by atoms with E-state index in [4.69, 9.17) is 14.8 Å². The van der Waals surface area contributed by atoms with E-state index in [9.17, 15) is 5.11 Å². The average molecular weight is 354 g/mol. The number of hydrogen-bond donors (Lipinski definition) is 2. The summed E-state index contributed by atoms with van der Waals surface area (Å²) < 4.78 is 7.52. The van der Waals surface area contributed by atoms with E-state index in [1.165, 1.54) is 0 Å². The van der Waals surface area contributed by atoms with Crippen molar-refractivity contribution in [2.75, 3.05) is 24.7 Å². The molecule has 26 heavy (non-hydrogen) atoms. The van der Waals surface area contributed by atoms with Crippen molar-refractivity contribution in [3.05, 3.63) is 23.9 Å². The van der Waals surface area contributed by atoms with E-state index in [0.717, 1.165) is 40.3 Å². The van der Waals surface area contributed by atoms with Gasteiger partial charge in [0.05, 0.1) is 36.1 Å². The van der Waals surface area contributed by atoms with Crippen LogP contribution < -0.4 is 4.90 Å². The first kappa shape index (κ1) is 15.8. The van der Waals surface area contributed by atoms with E-state index in [0.29, 0.717) is 26.2 Å². The molecule has 0 amide bonds. The molecule has 2 aliphatic rings. The molecule has 3 aromatic heterocycles. The molecule has 136 valence electrons. The Bertz CT molecular complexity index is 962. The molecule has 2 atom stereocenters. The molecule has 0 bridgehead atoms. The second-order valence-electron chi connectivity index (χ2n) is 7.41. The third-order valence-electron chi connectivity index (χ3n) is 5.49. The number of ether oxygens (including phenoxy) is 1. The van der Waals surface area contributed by atoms with Crippen molar-refractivity contribution in [2.45, 2.75) is 38.5 Å². The maximum absolute atomic E-state index is 11.0. The Balaban J connectivity index is 1.77. The fourth-order valence-corrected chi connectivity index (χ4v) is 3.98. The number of aliphatic hydroxyl groups is 1. The van der Waals surface area contributed by atoms with Crippen LogP contribution in [0.2, 0.25) is 0 Å². The zero-order valence-electron chi connectivity index (χ0n) is 14.9. The standard InChI is InChI=1S/C18H22N6O2/c1-11-10-26-8-7-23(11)14-9-12-17-16(20-14)15(13-3-5-19-21-13)22-24(17)6-4-18(12,2)25/h3,5,9,11,25H,4,6-8,10H2,1-2H3,(H,19,21)/t11-,18?/m1/s1. The first-order valence-electron chi connectivity index (χ1n) is 9.03. The summed E-state index contributed by atoms with van der Waals surface area (Å²) in [6.07, 6.45) is 2.34. The van der Waals surface area contributed by atoms with Gasteiger partial charge in [0.15, 0.2) is 0 Å². The van der Waals surface area contributed by atoms with Gasteiger partial charge < -0.3 is 14.7 Å². The lowest BCUT2D eigenvalue weighted by Gasteiger charge is -2.36. The Morgan fingerprint density at radius 2 is 2.27 bits per heavy atom. The van der Waals surface area contributed by atoms with Crippen LogP contribution in [-0.2, 0) is 16.9 Å². The first-order chi connectivity index (χ1) is 12.5. The molecule has 2 N–H and O–H groups in total. The van der Waals surface area contributed by atoms with Gasteiger partial charge in [-0.25, -0.2) is 4.98 Å². The SMILES string of the molecule is C[C@@H]1COCCN1c1cc2c3c(n1)c(-c1ccn[nH]1)nn3CCC2(C)O. The van der Waals surface area contributed by atoms with Crippen LogP contribution in [0.5, 0.6) is 0 Å². The van der Waals surface area contributed by atoms with Gasteiger partial charge in [0.25, 0.3) is 0 Å². The van der Waals surface area contributed by atoms with Gasteiger partial charge in [-0.05, 0) is 32.4 Å². The minimum Gasteiger partial charge on any atom is -0.385 e. The minimum atomic E-state index is -0.896. The van der Waals surface area contributed by atoms with Gasteiger partial charge >= 0.3 is 0 Å². The lowest BCUT2D eigenvalue weighted by molar-refractivity contribution is 0.0382. The van der Waals surface area contributed by atoms with Crippen LogP contribution in [0.4, 0.5) is 5.82 Å². The highest BCUT2D eigenvalue weighted by Crippen LogP contribution is 2.40. The van der Waals surface area contributed by atoms with Gasteiger partial charge in [-0.2, -0.15) is 10.2 Å². The van der Waals surface area contributed by atoms with E-state index < -0.39 is 5.60 Å². The number of morpholine rings is 1. The largest absolute Gasteiger partial charge is 0.385 e. The number of pyridine rings is 1. The summed E-state index contributed by atoms with van der Waals surface area (Å²) in [4.78, 5) is 7.21. The second-order valence-corrected chi connectivity index (χ2v) is 7.41. The Hall–Kier alpha value is -2.45. The summed E-state index contributed by atoms with van der Waals surface area (Å²) in [6, 6.07) is 4.16. The average Bonchev–Trinajstić information content (AvgIpc) is 3.27. The van der Waals surface area contributed by atoms with Crippen LogP contribution in [0.3, 0.4) is 0 Å². The summed E-state index contributed by atoms with van der Waals surface area (Å²) in [5, 5.41) is 22.8. The maximum Gasteiger partial charge on any atom is 0.136 e. The van der Waals surface area contributed by atoms with Crippen LogP contribution in [0.15, 0.2) is 18.3 Å². The summed E-state index contributed by atoms with van der Waals surface area (Å²) in [5.41, 5.74) is 3.32. The van der Waals surface area contributed by atoms with Crippen molar-refractivity contribution in [1.82, 2.24) is 25.0 Å². The van der Waals surface area contributed by atoms with E-state index in [2.05, 4.69) is 22.0 Å². The number of nitrogens with one attached hydrogen (secondary N) is 1. The molecule has 0 aromatic carbocycles. The highest BCUT2D eigenvalue weighted by atomic mass is 16.5. The molecule has 1 unspecified atom stereocenters. The Kier molecular flexibility index (Phi) is 3.35. The van der Waals surface area contributed by atoms with Gasteiger partial charge in [-0.15, -0.1) is 0 Å². The molecule has 8 nitrogen and oxygen atoms in total. The normalized spacial score (nSPS) is 25.8. The van der Waals surface area contributed by atoms with Gasteiger partial charge in [-0.3, -0.25) is 9.78 Å². The highest BCUT2D eigenvalue weighted by Gasteiger charge is 2.35. The molecule has 2 aliphatic heterocycles. The highest BCUT2D eigenvalue weighted by molar-refractivity contribution is 5.93. The molecular weight excluding hydrogens is 332 g/mol. The fraction of sp³-hybridized carbons (Fsp3) is 0.500. The zero-order valence-corrected chi connectivity index (χ0v) is 14.9. The fourth-order valence-electron chi connectivity index (χ4n) is 3.98. The van der Waals surface area contributed by atoms with E-state index in [1.54, 1.807) is 6.20 Å². The van der Waals surface area contributed by atoms with E-state index >= 15 is 0 Å². The molecule has 5 heterocycles. The number of H-pyrrole nitrogens is 1. The van der Waals surface area contributed by atoms with Crippen molar-refractivity contribution in [1.29, 1.82) is 0 Å². The lowest BCUT2D eigenvalue weighted by Crippen LogP contribution is -2.44. The number of hydrogen-bond acceptors (Lipinski definition) is 6. The van der Waals surface area contributed by atoms with Gasteiger partial charge in [0.1, 0.15) is 17.0 Å². The molecule has 0 spiro atoms. The maximum atomic E-state index is 11.0. The predicted molar refractivity (Wildman–Crippen MR) is 96.9 cm³/mol.